The van der Waals surface area contributed by atoms with Gasteiger partial charge in [-0.3, -0.25) is 19.2 Å². The number of ketones is 1. The summed E-state index contributed by atoms with van der Waals surface area (Å²) in [5, 5.41) is 7.06. The van der Waals surface area contributed by atoms with Gasteiger partial charge in [0.2, 0.25) is 5.91 Å². The predicted molar refractivity (Wildman–Crippen MR) is 133 cm³/mol. The summed E-state index contributed by atoms with van der Waals surface area (Å²) in [5.41, 5.74) is 0.530. The van der Waals surface area contributed by atoms with Crippen LogP contribution in [-0.2, 0) is 19.1 Å². The molecule has 1 heterocycles. The number of ether oxygens (including phenoxy) is 2. The number of carbonyl (C=O) groups excluding carboxylic acids is 4. The first-order chi connectivity index (χ1) is 16.9. The SMILES string of the molecule is CC(OC(=O)CCNC(=O)CCC(=O)c1cccs1)C(=O)Nc1ccc(Oc2ccccc2)cc1. The molecule has 8 nitrogen and oxygen atoms in total. The topological polar surface area (TPSA) is 111 Å². The molecule has 0 radical (unpaired) electrons. The number of esters is 1. The highest BCUT2D eigenvalue weighted by molar-refractivity contribution is 7.12. The number of rotatable bonds is 12. The van der Waals surface area contributed by atoms with Gasteiger partial charge >= 0.3 is 5.97 Å². The number of amides is 2. The minimum absolute atomic E-state index is 0.0414. The molecule has 9 heteroatoms. The van der Waals surface area contributed by atoms with Crippen molar-refractivity contribution in [2.24, 2.45) is 0 Å². The van der Waals surface area contributed by atoms with E-state index in [1.165, 1.54) is 18.3 Å². The van der Waals surface area contributed by atoms with Crippen LogP contribution in [-0.4, -0.2) is 36.2 Å². The molecule has 1 unspecified atom stereocenters. The maximum absolute atomic E-state index is 12.3. The lowest BCUT2D eigenvalue weighted by atomic mass is 10.2. The summed E-state index contributed by atoms with van der Waals surface area (Å²) in [6.45, 7) is 1.52. The lowest BCUT2D eigenvalue weighted by molar-refractivity contribution is -0.153. The van der Waals surface area contributed by atoms with Crippen molar-refractivity contribution in [2.45, 2.75) is 32.3 Å². The first kappa shape index (κ1) is 25.6. The lowest BCUT2D eigenvalue weighted by Crippen LogP contribution is -2.32. The number of hydrogen-bond acceptors (Lipinski definition) is 7. The number of benzene rings is 2. The summed E-state index contributed by atoms with van der Waals surface area (Å²) in [6, 6.07) is 19.6. The second-order valence-electron chi connectivity index (χ2n) is 7.56. The highest BCUT2D eigenvalue weighted by atomic mass is 32.1. The molecule has 2 aromatic carbocycles. The molecular weight excluding hydrogens is 468 g/mol. The zero-order chi connectivity index (χ0) is 25.0. The normalized spacial score (nSPS) is 11.2. The summed E-state index contributed by atoms with van der Waals surface area (Å²) in [5.74, 6) is -0.194. The fourth-order valence-corrected chi connectivity index (χ4v) is 3.66. The van der Waals surface area contributed by atoms with E-state index in [-0.39, 0.29) is 37.5 Å². The van der Waals surface area contributed by atoms with Crippen molar-refractivity contribution < 1.29 is 28.7 Å². The average molecular weight is 495 g/mol. The number of anilines is 1. The molecule has 2 amide bonds. The second kappa shape index (κ2) is 13.0. The van der Waals surface area contributed by atoms with E-state index >= 15 is 0 Å². The van der Waals surface area contributed by atoms with Crippen LogP contribution in [0.1, 0.15) is 35.9 Å². The lowest BCUT2D eigenvalue weighted by Gasteiger charge is -2.14. The first-order valence-corrected chi connectivity index (χ1v) is 12.0. The smallest absolute Gasteiger partial charge is 0.308 e. The number of hydrogen-bond donors (Lipinski definition) is 2. The predicted octanol–water partition coefficient (Wildman–Crippen LogP) is 4.58. The summed E-state index contributed by atoms with van der Waals surface area (Å²) in [7, 11) is 0. The van der Waals surface area contributed by atoms with E-state index < -0.39 is 18.0 Å². The van der Waals surface area contributed by atoms with Crippen LogP contribution >= 0.6 is 11.3 Å². The van der Waals surface area contributed by atoms with Crippen LogP contribution < -0.4 is 15.4 Å². The van der Waals surface area contributed by atoms with Gasteiger partial charge in [-0.25, -0.2) is 0 Å². The van der Waals surface area contributed by atoms with Crippen molar-refractivity contribution in [3.8, 4) is 11.5 Å². The number of carbonyl (C=O) groups is 4. The van der Waals surface area contributed by atoms with Crippen LogP contribution in [0.25, 0.3) is 0 Å². The number of para-hydroxylation sites is 1. The van der Waals surface area contributed by atoms with E-state index in [0.29, 0.717) is 22.1 Å². The van der Waals surface area contributed by atoms with Crippen molar-refractivity contribution >= 4 is 40.6 Å². The van der Waals surface area contributed by atoms with Gasteiger partial charge in [0.1, 0.15) is 11.5 Å². The van der Waals surface area contributed by atoms with E-state index in [0.717, 1.165) is 0 Å². The Morgan fingerprint density at radius 3 is 2.26 bits per heavy atom. The summed E-state index contributed by atoms with van der Waals surface area (Å²) in [6.07, 6.45) is -0.956. The standard InChI is InChI=1S/C26H26N2O6S/c1-18(26(32)28-19-9-11-21(12-10-19)34-20-6-3-2-4-7-20)33-25(31)15-16-27-24(30)14-13-22(29)23-8-5-17-35-23/h2-12,17-18H,13-16H2,1H3,(H,27,30)(H,28,32). The van der Waals surface area contributed by atoms with Gasteiger partial charge in [0, 0.05) is 25.1 Å². The van der Waals surface area contributed by atoms with Gasteiger partial charge in [0.15, 0.2) is 11.9 Å². The van der Waals surface area contributed by atoms with Gasteiger partial charge in [-0.15, -0.1) is 11.3 Å². The monoisotopic (exact) mass is 494 g/mol. The summed E-state index contributed by atoms with van der Waals surface area (Å²) >= 11 is 1.33. The van der Waals surface area contributed by atoms with E-state index in [2.05, 4.69) is 10.6 Å². The Kier molecular flexibility index (Phi) is 9.56. The molecular formula is C26H26N2O6S. The highest BCUT2D eigenvalue weighted by Crippen LogP contribution is 2.22. The molecule has 1 aromatic heterocycles. The third-order valence-corrected chi connectivity index (χ3v) is 5.72. The third kappa shape index (κ3) is 8.71. The Morgan fingerprint density at radius 2 is 1.57 bits per heavy atom. The van der Waals surface area contributed by atoms with Gasteiger partial charge in [-0.2, -0.15) is 0 Å². The van der Waals surface area contributed by atoms with Gasteiger partial charge in [-0.1, -0.05) is 24.3 Å². The quantitative estimate of drug-likeness (QED) is 0.282. The zero-order valence-corrected chi connectivity index (χ0v) is 20.0. The van der Waals surface area contributed by atoms with E-state index in [1.54, 1.807) is 41.8 Å². The second-order valence-corrected chi connectivity index (χ2v) is 8.51. The molecule has 0 bridgehead atoms. The summed E-state index contributed by atoms with van der Waals surface area (Å²) < 4.78 is 10.8. The first-order valence-electron chi connectivity index (χ1n) is 11.1. The van der Waals surface area contributed by atoms with Crippen molar-refractivity contribution in [2.75, 3.05) is 11.9 Å². The molecule has 0 aliphatic rings. The molecule has 0 aliphatic carbocycles. The van der Waals surface area contributed by atoms with Crippen LogP contribution in [0, 0.1) is 0 Å². The maximum atomic E-state index is 12.3. The van der Waals surface area contributed by atoms with E-state index in [1.807, 2.05) is 30.3 Å². The molecule has 1 atom stereocenters. The van der Waals surface area contributed by atoms with Gasteiger partial charge in [-0.05, 0) is 54.8 Å². The van der Waals surface area contributed by atoms with Crippen LogP contribution in [0.4, 0.5) is 5.69 Å². The van der Waals surface area contributed by atoms with Crippen LogP contribution in [0.15, 0.2) is 72.1 Å². The zero-order valence-electron chi connectivity index (χ0n) is 19.2. The van der Waals surface area contributed by atoms with Crippen molar-refractivity contribution in [1.29, 1.82) is 0 Å². The largest absolute Gasteiger partial charge is 0.457 e. The Hall–Kier alpha value is -3.98. The summed E-state index contributed by atoms with van der Waals surface area (Å²) in [4.78, 5) is 48.7. The molecule has 0 fully saturated rings. The van der Waals surface area contributed by atoms with Crippen LogP contribution in [0.5, 0.6) is 11.5 Å². The Balaban J connectivity index is 1.33. The Morgan fingerprint density at radius 1 is 0.857 bits per heavy atom. The molecule has 0 saturated carbocycles. The Labute approximate surface area is 207 Å². The van der Waals surface area contributed by atoms with Crippen molar-refractivity contribution in [3.05, 3.63) is 77.0 Å². The minimum Gasteiger partial charge on any atom is -0.457 e. The molecule has 35 heavy (non-hydrogen) atoms. The molecule has 3 rings (SSSR count). The number of nitrogens with one attached hydrogen (secondary N) is 2. The highest BCUT2D eigenvalue weighted by Gasteiger charge is 2.18. The molecule has 0 saturated heterocycles. The number of Topliss-reactive ketones (excluding diaryl/α,β-unsaturated/α-hetero) is 1. The maximum Gasteiger partial charge on any atom is 0.308 e. The van der Waals surface area contributed by atoms with Crippen LogP contribution in [0.3, 0.4) is 0 Å². The van der Waals surface area contributed by atoms with E-state index in [4.69, 9.17) is 9.47 Å². The van der Waals surface area contributed by atoms with Gasteiger partial charge < -0.3 is 20.1 Å². The molecule has 182 valence electrons. The molecule has 0 aliphatic heterocycles. The molecule has 2 N–H and O–H groups in total. The average Bonchev–Trinajstić information content (AvgIpc) is 3.39. The fraction of sp³-hybridized carbons (Fsp3) is 0.231. The van der Waals surface area contributed by atoms with Gasteiger partial charge in [0.25, 0.3) is 5.91 Å². The minimum atomic E-state index is -1.01. The molecule has 3 aromatic rings. The van der Waals surface area contributed by atoms with E-state index in [9.17, 15) is 19.2 Å². The molecule has 0 spiro atoms. The van der Waals surface area contributed by atoms with Gasteiger partial charge in [0.05, 0.1) is 11.3 Å². The number of thiophene rings is 1. The Bertz CT molecular complexity index is 1130. The van der Waals surface area contributed by atoms with Crippen molar-refractivity contribution in [1.82, 2.24) is 5.32 Å². The van der Waals surface area contributed by atoms with Crippen molar-refractivity contribution in [3.63, 3.8) is 0 Å². The fourth-order valence-electron chi connectivity index (χ4n) is 2.96. The third-order valence-electron chi connectivity index (χ3n) is 4.80. The van der Waals surface area contributed by atoms with Crippen LogP contribution in [0.2, 0.25) is 0 Å².